The quantitative estimate of drug-likeness (QED) is 0.735. The third kappa shape index (κ3) is 2.94. The molecule has 0 saturated carbocycles. The van der Waals surface area contributed by atoms with Gasteiger partial charge in [-0.05, 0) is 13.0 Å². The molecule has 0 aromatic carbocycles. The Labute approximate surface area is 141 Å². The summed E-state index contributed by atoms with van der Waals surface area (Å²) in [6, 6.07) is 6.51. The molecule has 0 fully saturated rings. The average Bonchev–Trinajstić information content (AvgIpc) is 3.04. The van der Waals surface area contributed by atoms with Crippen molar-refractivity contribution in [3.05, 3.63) is 41.9 Å². The zero-order valence-electron chi connectivity index (χ0n) is 13.0. The second-order valence-electron chi connectivity index (χ2n) is 5.18. The number of carboxylic acids is 1. The topological polar surface area (TPSA) is 140 Å². The van der Waals surface area contributed by atoms with Crippen LogP contribution in [0.4, 0.5) is 5.69 Å². The fourth-order valence-electron chi connectivity index (χ4n) is 2.26. The van der Waals surface area contributed by atoms with Crippen LogP contribution in [-0.4, -0.2) is 36.7 Å². The van der Waals surface area contributed by atoms with Crippen molar-refractivity contribution in [2.75, 3.05) is 5.32 Å². The Morgan fingerprint density at radius 2 is 2.08 bits per heavy atom. The van der Waals surface area contributed by atoms with Gasteiger partial charge in [0.05, 0.1) is 35.4 Å². The summed E-state index contributed by atoms with van der Waals surface area (Å²) in [7, 11) is 0. The molecule has 9 heteroatoms. The lowest BCUT2D eigenvalue weighted by Gasteiger charge is -2.12. The molecule has 9 nitrogen and oxygen atoms in total. The summed E-state index contributed by atoms with van der Waals surface area (Å²) in [4.78, 5) is 19.7. The van der Waals surface area contributed by atoms with Crippen LogP contribution in [0.5, 0.6) is 0 Å². The minimum absolute atomic E-state index is 0.0422. The van der Waals surface area contributed by atoms with E-state index >= 15 is 0 Å². The van der Waals surface area contributed by atoms with E-state index < -0.39 is 12.0 Å². The first kappa shape index (κ1) is 15.9. The van der Waals surface area contributed by atoms with E-state index in [4.69, 9.17) is 10.5 Å². The molecular weight excluding hydrogens is 322 g/mol. The van der Waals surface area contributed by atoms with E-state index in [0.29, 0.717) is 22.6 Å². The van der Waals surface area contributed by atoms with Gasteiger partial charge >= 0.3 is 5.97 Å². The maximum absolute atomic E-state index is 11.3. The lowest BCUT2D eigenvalue weighted by molar-refractivity contribution is 0.0697. The van der Waals surface area contributed by atoms with Crippen LogP contribution in [0, 0.1) is 22.7 Å². The third-order valence-corrected chi connectivity index (χ3v) is 3.45. The minimum atomic E-state index is -1.15. The molecule has 0 saturated heterocycles. The zero-order chi connectivity index (χ0) is 18.0. The largest absolute Gasteiger partial charge is 0.478 e. The SMILES string of the molecule is C[C@H](C#N)Nc1cc(-c2cnc3cc(C#N)cnn23)ncc1C(=O)O. The predicted molar refractivity (Wildman–Crippen MR) is 86.6 cm³/mol. The molecule has 122 valence electrons. The molecule has 0 aliphatic carbocycles. The van der Waals surface area contributed by atoms with Crippen molar-refractivity contribution in [2.45, 2.75) is 13.0 Å². The van der Waals surface area contributed by atoms with E-state index in [1.54, 1.807) is 13.0 Å². The summed E-state index contributed by atoms with van der Waals surface area (Å²) in [5.74, 6) is -1.15. The number of anilines is 1. The third-order valence-electron chi connectivity index (χ3n) is 3.45. The van der Waals surface area contributed by atoms with Gasteiger partial charge in [0, 0.05) is 12.3 Å². The number of carbonyl (C=O) groups is 1. The zero-order valence-corrected chi connectivity index (χ0v) is 13.0. The summed E-state index contributed by atoms with van der Waals surface area (Å²) in [6.07, 6.45) is 4.15. The van der Waals surface area contributed by atoms with E-state index in [9.17, 15) is 9.90 Å². The standard InChI is InChI=1S/C16H11N7O2/c1-9(4-17)22-12-3-13(19-7-11(12)16(24)25)14-8-20-15-2-10(5-18)6-21-23(14)15/h2-3,6-9H,1H3,(H,19,22)(H,24,25)/t9-/m1/s1. The molecule has 2 N–H and O–H groups in total. The van der Waals surface area contributed by atoms with Crippen LogP contribution in [0.2, 0.25) is 0 Å². The molecule has 0 radical (unpaired) electrons. The van der Waals surface area contributed by atoms with E-state index in [1.165, 1.54) is 29.2 Å². The van der Waals surface area contributed by atoms with Gasteiger partial charge < -0.3 is 10.4 Å². The Morgan fingerprint density at radius 1 is 1.28 bits per heavy atom. The maximum atomic E-state index is 11.3. The molecule has 3 heterocycles. The summed E-state index contributed by atoms with van der Waals surface area (Å²) in [5.41, 5.74) is 2.04. The number of pyridine rings is 1. The smallest absolute Gasteiger partial charge is 0.339 e. The number of nitrogens with zero attached hydrogens (tertiary/aromatic N) is 6. The van der Waals surface area contributed by atoms with E-state index in [1.807, 2.05) is 12.1 Å². The number of rotatable bonds is 4. The molecule has 1 atom stereocenters. The predicted octanol–water partition coefficient (Wildman–Crippen LogP) is 1.69. The number of hydrogen-bond donors (Lipinski definition) is 2. The molecule has 3 aromatic heterocycles. The van der Waals surface area contributed by atoms with Crippen molar-refractivity contribution >= 4 is 17.3 Å². The first-order valence-electron chi connectivity index (χ1n) is 7.17. The Kier molecular flexibility index (Phi) is 3.98. The van der Waals surface area contributed by atoms with Gasteiger partial charge in [-0.2, -0.15) is 15.6 Å². The molecule has 0 unspecified atom stereocenters. The fraction of sp³-hybridized carbons (Fsp3) is 0.125. The van der Waals surface area contributed by atoms with Crippen LogP contribution in [0.25, 0.3) is 17.0 Å². The van der Waals surface area contributed by atoms with Crippen molar-refractivity contribution < 1.29 is 9.90 Å². The van der Waals surface area contributed by atoms with Crippen molar-refractivity contribution in [3.8, 4) is 23.5 Å². The fourth-order valence-corrected chi connectivity index (χ4v) is 2.26. The molecule has 0 aliphatic rings. The molecule has 0 amide bonds. The van der Waals surface area contributed by atoms with E-state index in [0.717, 1.165) is 0 Å². The lowest BCUT2D eigenvalue weighted by atomic mass is 10.1. The van der Waals surface area contributed by atoms with Gasteiger partial charge in [-0.15, -0.1) is 0 Å². The van der Waals surface area contributed by atoms with Crippen LogP contribution >= 0.6 is 0 Å². The van der Waals surface area contributed by atoms with Crippen molar-refractivity contribution in [1.82, 2.24) is 19.6 Å². The highest BCUT2D eigenvalue weighted by atomic mass is 16.4. The van der Waals surface area contributed by atoms with Crippen LogP contribution in [-0.2, 0) is 0 Å². The minimum Gasteiger partial charge on any atom is -0.478 e. The van der Waals surface area contributed by atoms with Crippen molar-refractivity contribution in [2.24, 2.45) is 0 Å². The number of imidazole rings is 1. The number of nitriles is 2. The van der Waals surface area contributed by atoms with Gasteiger partial charge in [-0.1, -0.05) is 0 Å². The Hall–Kier alpha value is -3.98. The number of carboxylic acid groups (broad SMARTS) is 1. The second-order valence-corrected chi connectivity index (χ2v) is 5.18. The highest BCUT2D eigenvalue weighted by Gasteiger charge is 2.16. The molecule has 25 heavy (non-hydrogen) atoms. The summed E-state index contributed by atoms with van der Waals surface area (Å²) >= 11 is 0. The second kappa shape index (κ2) is 6.26. The van der Waals surface area contributed by atoms with Gasteiger partial charge in [0.25, 0.3) is 0 Å². The monoisotopic (exact) mass is 333 g/mol. The maximum Gasteiger partial charge on any atom is 0.339 e. The molecule has 0 aliphatic heterocycles. The summed E-state index contributed by atoms with van der Waals surface area (Å²) < 4.78 is 1.50. The Morgan fingerprint density at radius 3 is 2.76 bits per heavy atom. The van der Waals surface area contributed by atoms with E-state index in [2.05, 4.69) is 20.4 Å². The van der Waals surface area contributed by atoms with Gasteiger partial charge in [-0.3, -0.25) is 4.98 Å². The molecule has 3 rings (SSSR count). The molecule has 0 bridgehead atoms. The van der Waals surface area contributed by atoms with E-state index in [-0.39, 0.29) is 11.3 Å². The van der Waals surface area contributed by atoms with Gasteiger partial charge in [0.1, 0.15) is 23.4 Å². The highest BCUT2D eigenvalue weighted by molar-refractivity contribution is 5.94. The van der Waals surface area contributed by atoms with Crippen LogP contribution in [0.3, 0.4) is 0 Å². The number of aromatic carboxylic acids is 1. The molecular formula is C16H11N7O2. The average molecular weight is 333 g/mol. The van der Waals surface area contributed by atoms with Gasteiger partial charge in [0.2, 0.25) is 0 Å². The van der Waals surface area contributed by atoms with Crippen molar-refractivity contribution in [1.29, 1.82) is 10.5 Å². The molecule has 0 spiro atoms. The summed E-state index contributed by atoms with van der Waals surface area (Å²) in [6.45, 7) is 1.62. The van der Waals surface area contributed by atoms with Gasteiger partial charge in [0.15, 0.2) is 5.65 Å². The van der Waals surface area contributed by atoms with Crippen LogP contribution in [0.15, 0.2) is 30.7 Å². The number of fused-ring (bicyclic) bond motifs is 1. The first-order valence-corrected chi connectivity index (χ1v) is 7.17. The Balaban J connectivity index is 2.12. The first-order chi connectivity index (χ1) is 12.0. The number of aromatic nitrogens is 4. The highest BCUT2D eigenvalue weighted by Crippen LogP contribution is 2.24. The lowest BCUT2D eigenvalue weighted by Crippen LogP contribution is -2.15. The van der Waals surface area contributed by atoms with Crippen molar-refractivity contribution in [3.63, 3.8) is 0 Å². The number of hydrogen-bond acceptors (Lipinski definition) is 7. The van der Waals surface area contributed by atoms with Crippen LogP contribution in [0.1, 0.15) is 22.8 Å². The number of nitrogens with one attached hydrogen (secondary N) is 1. The summed E-state index contributed by atoms with van der Waals surface area (Å²) in [5, 5.41) is 34.1. The molecule has 3 aromatic rings. The normalized spacial score (nSPS) is 11.5. The van der Waals surface area contributed by atoms with Crippen LogP contribution < -0.4 is 5.32 Å². The Bertz CT molecular complexity index is 1060. The van der Waals surface area contributed by atoms with Gasteiger partial charge in [-0.25, -0.2) is 14.3 Å².